The van der Waals surface area contributed by atoms with Gasteiger partial charge in [0, 0.05) is 18.5 Å². The molecule has 0 saturated carbocycles. The lowest BCUT2D eigenvalue weighted by molar-refractivity contribution is 0.109. The van der Waals surface area contributed by atoms with Crippen molar-refractivity contribution in [3.05, 3.63) is 0 Å². The van der Waals surface area contributed by atoms with Crippen LogP contribution in [0.3, 0.4) is 0 Å². The second-order valence-corrected chi connectivity index (χ2v) is 0.681. The molecule has 0 aliphatic carbocycles. The monoisotopic (exact) mass is 95.1 g/mol. The van der Waals surface area contributed by atoms with E-state index in [0.717, 1.165) is 0 Å². The molecule has 0 unspecified atom stereocenters. The predicted molar refractivity (Wildman–Crippen MR) is 23.7 cm³/mol. The molecule has 6 heavy (non-hydrogen) atoms. The molecule has 0 aromatic carbocycles. The minimum Gasteiger partial charge on any atom is -0.379 e. The highest BCUT2D eigenvalue weighted by Gasteiger charge is 1.92. The zero-order valence-electron chi connectivity index (χ0n) is 10.9. The lowest BCUT2D eigenvalue weighted by Crippen LogP contribution is -2.30. The van der Waals surface area contributed by atoms with Crippen LogP contribution < -0.4 is 5.32 Å². The van der Waals surface area contributed by atoms with E-state index in [2.05, 4.69) is 4.74 Å². The van der Waals surface area contributed by atoms with Crippen LogP contribution in [0.1, 0.15) is 11.0 Å². The van der Waals surface area contributed by atoms with Crippen molar-refractivity contribution in [2.45, 2.75) is 0 Å². The summed E-state index contributed by atoms with van der Waals surface area (Å²) >= 11 is 0. The largest absolute Gasteiger partial charge is 0.379 e. The number of hydrogen-bond acceptors (Lipinski definition) is 2. The van der Waals surface area contributed by atoms with E-state index in [1.165, 1.54) is 0 Å². The Kier molecular flexibility index (Phi) is 0.266. The first-order valence-electron chi connectivity index (χ1n) is 5.41. The molecule has 1 N–H and O–H groups in total. The Balaban J connectivity index is 3.07. The standard InChI is InChI=1S/C4H9NO/c1-3-6-4-2-5-1/h5H,1-4H2/i1D2,2D2,3D2,4D2. The summed E-state index contributed by atoms with van der Waals surface area (Å²) in [7, 11) is 0. The molecule has 1 aliphatic heterocycles. The average Bonchev–Trinajstić information content (AvgIpc) is 1.78. The third-order valence-electron chi connectivity index (χ3n) is 0.329. The maximum absolute atomic E-state index is 7.11. The highest BCUT2D eigenvalue weighted by atomic mass is 16.5. The molecule has 1 aliphatic rings. The molecule has 0 radical (unpaired) electrons. The Morgan fingerprint density at radius 3 is 2.67 bits per heavy atom. The summed E-state index contributed by atoms with van der Waals surface area (Å²) < 4.78 is 60.8. The fourth-order valence-electron chi connectivity index (χ4n) is 0.159. The molecule has 0 aromatic rings. The minimum atomic E-state index is -2.93. The van der Waals surface area contributed by atoms with Crippen LogP contribution in [0.5, 0.6) is 0 Å². The van der Waals surface area contributed by atoms with Gasteiger partial charge in [0.1, 0.15) is 0 Å². The van der Waals surface area contributed by atoms with Gasteiger partial charge in [0.2, 0.25) is 0 Å². The summed E-state index contributed by atoms with van der Waals surface area (Å²) in [6, 6.07) is 0. The summed E-state index contributed by atoms with van der Waals surface area (Å²) in [5.74, 6) is 0. The van der Waals surface area contributed by atoms with Gasteiger partial charge in [-0.25, -0.2) is 0 Å². The third-order valence-corrected chi connectivity index (χ3v) is 0.329. The van der Waals surface area contributed by atoms with Gasteiger partial charge in [0.15, 0.2) is 0 Å². The molecule has 0 bridgehead atoms. The van der Waals surface area contributed by atoms with Crippen molar-refractivity contribution < 1.29 is 15.7 Å². The Morgan fingerprint density at radius 1 is 1.50 bits per heavy atom. The molecule has 1 heterocycles. The number of hydrogen-bond donors (Lipinski definition) is 1. The highest BCUT2D eigenvalue weighted by molar-refractivity contribution is 4.49. The Hall–Kier alpha value is -0.0800. The molecule has 0 spiro atoms. The summed E-state index contributed by atoms with van der Waals surface area (Å²) in [4.78, 5) is 0. The first-order valence-corrected chi connectivity index (χ1v) is 1.41. The van der Waals surface area contributed by atoms with Crippen LogP contribution in [-0.4, -0.2) is 26.1 Å². The van der Waals surface area contributed by atoms with Crippen molar-refractivity contribution in [3.63, 3.8) is 0 Å². The molecule has 36 valence electrons. The van der Waals surface area contributed by atoms with Gasteiger partial charge in [-0.1, -0.05) is 0 Å². The molecule has 2 nitrogen and oxygen atoms in total. The van der Waals surface area contributed by atoms with E-state index < -0.39 is 26.1 Å². The van der Waals surface area contributed by atoms with E-state index in [0.29, 0.717) is 0 Å². The van der Waals surface area contributed by atoms with Gasteiger partial charge in [0.05, 0.1) is 18.6 Å². The lowest BCUT2D eigenvalue weighted by Gasteiger charge is -2.10. The van der Waals surface area contributed by atoms with Crippen LogP contribution in [-0.2, 0) is 4.74 Å². The topological polar surface area (TPSA) is 21.3 Å². The van der Waals surface area contributed by atoms with Crippen LogP contribution in [0.25, 0.3) is 0 Å². The summed E-state index contributed by atoms with van der Waals surface area (Å²) in [5, 5.41) is 1.60. The van der Waals surface area contributed by atoms with E-state index in [-0.39, 0.29) is 0 Å². The number of nitrogens with one attached hydrogen (secondary N) is 1. The molecular weight excluding hydrogens is 78.0 g/mol. The fourth-order valence-corrected chi connectivity index (χ4v) is 0.159. The summed E-state index contributed by atoms with van der Waals surface area (Å²) in [5.41, 5.74) is 0. The molecule has 1 saturated heterocycles. The van der Waals surface area contributed by atoms with Gasteiger partial charge in [-0.2, -0.15) is 0 Å². The van der Waals surface area contributed by atoms with E-state index in [1.54, 1.807) is 5.32 Å². The van der Waals surface area contributed by atoms with E-state index in [1.807, 2.05) is 0 Å². The SMILES string of the molecule is [2H]C1([2H])NC([2H])([2H])C([2H])([2H])OC1([2H])[2H]. The summed E-state index contributed by atoms with van der Waals surface area (Å²) in [6.45, 7) is -11.4. The Morgan fingerprint density at radius 2 is 2.17 bits per heavy atom. The van der Waals surface area contributed by atoms with Gasteiger partial charge in [-0.15, -0.1) is 0 Å². The van der Waals surface area contributed by atoms with Crippen LogP contribution in [0.4, 0.5) is 0 Å². The van der Waals surface area contributed by atoms with Crippen LogP contribution in [0.2, 0.25) is 0 Å². The molecule has 1 rings (SSSR count). The fraction of sp³-hybridized carbons (Fsp3) is 1.00. The van der Waals surface area contributed by atoms with E-state index in [9.17, 15) is 0 Å². The number of ether oxygens (including phenoxy) is 1. The third kappa shape index (κ3) is 0.954. The maximum atomic E-state index is 7.11. The molecule has 0 atom stereocenters. The number of morpholine rings is 1. The first kappa shape index (κ1) is 0.740. The number of rotatable bonds is 0. The van der Waals surface area contributed by atoms with Crippen molar-refractivity contribution >= 4 is 0 Å². The molecule has 2 heteroatoms. The minimum absolute atomic E-state index is 1.60. The van der Waals surface area contributed by atoms with Crippen LogP contribution >= 0.6 is 0 Å². The predicted octanol–water partition coefficient (Wildman–Crippen LogP) is -0.394. The zero-order chi connectivity index (χ0) is 11.4. The van der Waals surface area contributed by atoms with Gasteiger partial charge in [-0.05, 0) is 0 Å². The first-order chi connectivity index (χ1) is 5.91. The molecular formula is C4H9NO. The van der Waals surface area contributed by atoms with E-state index >= 15 is 0 Å². The molecule has 0 amide bonds. The zero-order valence-corrected chi connectivity index (χ0v) is 2.91. The molecule has 1 fully saturated rings. The second-order valence-electron chi connectivity index (χ2n) is 0.681. The van der Waals surface area contributed by atoms with Crippen LogP contribution in [0.15, 0.2) is 0 Å². The maximum Gasteiger partial charge on any atom is 0.0591 e. The quantitative estimate of drug-likeness (QED) is 0.442. The van der Waals surface area contributed by atoms with Gasteiger partial charge >= 0.3 is 0 Å². The van der Waals surface area contributed by atoms with Crippen LogP contribution in [0, 0.1) is 0 Å². The highest BCUT2D eigenvalue weighted by Crippen LogP contribution is 1.76. The van der Waals surface area contributed by atoms with Crippen molar-refractivity contribution in [1.29, 1.82) is 0 Å². The van der Waals surface area contributed by atoms with Crippen molar-refractivity contribution in [2.75, 3.05) is 26.1 Å². The van der Waals surface area contributed by atoms with Crippen molar-refractivity contribution in [3.8, 4) is 0 Å². The van der Waals surface area contributed by atoms with Gasteiger partial charge in [0.25, 0.3) is 0 Å². The Bertz CT molecular complexity index is 200. The van der Waals surface area contributed by atoms with Gasteiger partial charge in [-0.3, -0.25) is 0 Å². The second kappa shape index (κ2) is 2.16. The smallest absolute Gasteiger partial charge is 0.0591 e. The lowest BCUT2D eigenvalue weighted by atomic mass is 10.5. The normalized spacial score (nSPS) is 77.3. The van der Waals surface area contributed by atoms with E-state index in [4.69, 9.17) is 11.0 Å². The van der Waals surface area contributed by atoms with Crippen molar-refractivity contribution in [1.82, 2.24) is 5.32 Å². The molecule has 0 aromatic heterocycles. The summed E-state index contributed by atoms with van der Waals surface area (Å²) in [6.07, 6.45) is 0. The van der Waals surface area contributed by atoms with Crippen molar-refractivity contribution in [2.24, 2.45) is 0 Å². The Labute approximate surface area is 48.7 Å². The van der Waals surface area contributed by atoms with Gasteiger partial charge < -0.3 is 10.1 Å². The average molecular weight is 95.2 g/mol.